The van der Waals surface area contributed by atoms with Crippen molar-refractivity contribution in [2.45, 2.75) is 44.2 Å². The number of aliphatic hydroxyl groups is 1. The summed E-state index contributed by atoms with van der Waals surface area (Å²) < 4.78 is 0. The van der Waals surface area contributed by atoms with Crippen LogP contribution in [0.1, 0.15) is 32.6 Å². The van der Waals surface area contributed by atoms with Gasteiger partial charge in [-0.3, -0.25) is 14.5 Å². The third kappa shape index (κ3) is 2.44. The van der Waals surface area contributed by atoms with Crippen molar-refractivity contribution in [2.24, 2.45) is 5.92 Å². The molecule has 6 heteroatoms. The van der Waals surface area contributed by atoms with Crippen LogP contribution in [0.4, 0.5) is 0 Å². The molecule has 6 nitrogen and oxygen atoms in total. The van der Waals surface area contributed by atoms with Gasteiger partial charge in [0.1, 0.15) is 5.54 Å². The number of nitrogens with zero attached hydrogens (tertiary/aromatic N) is 2. The van der Waals surface area contributed by atoms with Crippen LogP contribution in [-0.2, 0) is 9.59 Å². The summed E-state index contributed by atoms with van der Waals surface area (Å²) in [5.74, 6) is 0.285. The lowest BCUT2D eigenvalue weighted by molar-refractivity contribution is -0.151. The van der Waals surface area contributed by atoms with Gasteiger partial charge in [-0.15, -0.1) is 0 Å². The van der Waals surface area contributed by atoms with Gasteiger partial charge in [-0.1, -0.05) is 6.92 Å². The summed E-state index contributed by atoms with van der Waals surface area (Å²) in [6, 6.07) is 0. The summed E-state index contributed by atoms with van der Waals surface area (Å²) in [5.41, 5.74) is -0.414. The molecule has 0 atom stereocenters. The van der Waals surface area contributed by atoms with E-state index in [1.807, 2.05) is 4.90 Å². The number of nitrogens with one attached hydrogen (secondary N) is 1. The zero-order chi connectivity index (χ0) is 15.0. The second-order valence-corrected chi connectivity index (χ2v) is 6.51. The predicted molar refractivity (Wildman–Crippen MR) is 77.5 cm³/mol. The minimum atomic E-state index is -0.414. The second-order valence-electron chi connectivity index (χ2n) is 6.51. The molecular weight excluding hydrogens is 270 g/mol. The van der Waals surface area contributed by atoms with Crippen molar-refractivity contribution in [2.75, 3.05) is 32.7 Å². The lowest BCUT2D eigenvalue weighted by atomic mass is 9.79. The Kier molecular flexibility index (Phi) is 3.92. The van der Waals surface area contributed by atoms with Crippen LogP contribution in [0.2, 0.25) is 0 Å². The van der Waals surface area contributed by atoms with E-state index in [1.165, 1.54) is 0 Å². The molecule has 0 unspecified atom stereocenters. The Hall–Kier alpha value is -1.14. The van der Waals surface area contributed by atoms with Gasteiger partial charge < -0.3 is 15.3 Å². The van der Waals surface area contributed by atoms with Crippen molar-refractivity contribution < 1.29 is 14.7 Å². The van der Waals surface area contributed by atoms with E-state index in [0.29, 0.717) is 38.8 Å². The first-order valence-electron chi connectivity index (χ1n) is 8.07. The van der Waals surface area contributed by atoms with Crippen LogP contribution < -0.4 is 5.32 Å². The van der Waals surface area contributed by atoms with Crippen LogP contribution in [0.15, 0.2) is 0 Å². The molecule has 1 spiro atoms. The van der Waals surface area contributed by atoms with Gasteiger partial charge in [-0.2, -0.15) is 0 Å². The van der Waals surface area contributed by atoms with Crippen molar-refractivity contribution in [3.05, 3.63) is 0 Å². The Morgan fingerprint density at radius 2 is 2.00 bits per heavy atom. The SMILES string of the molecule is CCN1CCNC(=O)C12CCN(C(=O)C1CC(O)C1)CC2. The molecule has 0 aromatic heterocycles. The van der Waals surface area contributed by atoms with Crippen LogP contribution in [0.25, 0.3) is 0 Å². The third-order valence-corrected chi connectivity index (χ3v) is 5.44. The molecule has 118 valence electrons. The summed E-state index contributed by atoms with van der Waals surface area (Å²) in [6.45, 7) is 5.87. The maximum Gasteiger partial charge on any atom is 0.240 e. The smallest absolute Gasteiger partial charge is 0.240 e. The van der Waals surface area contributed by atoms with E-state index < -0.39 is 5.54 Å². The molecule has 0 radical (unpaired) electrons. The lowest BCUT2D eigenvalue weighted by Gasteiger charge is -2.50. The van der Waals surface area contributed by atoms with E-state index in [-0.39, 0.29) is 23.8 Å². The number of amides is 2. The fourth-order valence-electron chi connectivity index (χ4n) is 3.98. The second kappa shape index (κ2) is 5.57. The summed E-state index contributed by atoms with van der Waals surface area (Å²) in [7, 11) is 0. The van der Waals surface area contributed by atoms with E-state index in [4.69, 9.17) is 0 Å². The van der Waals surface area contributed by atoms with Gasteiger partial charge in [-0.05, 0) is 32.2 Å². The Balaban J connectivity index is 1.63. The maximum absolute atomic E-state index is 12.4. The average molecular weight is 295 g/mol. The highest BCUT2D eigenvalue weighted by Crippen LogP contribution is 2.34. The molecule has 3 rings (SSSR count). The van der Waals surface area contributed by atoms with E-state index in [9.17, 15) is 14.7 Å². The molecule has 2 saturated heterocycles. The van der Waals surface area contributed by atoms with E-state index in [2.05, 4.69) is 17.1 Å². The number of rotatable bonds is 2. The number of likely N-dealkylation sites (N-methyl/N-ethyl adjacent to an activating group) is 1. The molecule has 3 fully saturated rings. The van der Waals surface area contributed by atoms with E-state index in [0.717, 1.165) is 19.6 Å². The maximum atomic E-state index is 12.4. The first-order chi connectivity index (χ1) is 10.1. The number of hydrogen-bond acceptors (Lipinski definition) is 4. The molecule has 2 N–H and O–H groups in total. The van der Waals surface area contributed by atoms with Crippen LogP contribution in [0, 0.1) is 5.92 Å². The monoisotopic (exact) mass is 295 g/mol. The van der Waals surface area contributed by atoms with Gasteiger partial charge in [0.25, 0.3) is 0 Å². The number of likely N-dealkylation sites (tertiary alicyclic amines) is 1. The zero-order valence-corrected chi connectivity index (χ0v) is 12.7. The Morgan fingerprint density at radius 3 is 2.57 bits per heavy atom. The predicted octanol–water partition coefficient (Wildman–Crippen LogP) is -0.430. The fraction of sp³-hybridized carbons (Fsp3) is 0.867. The fourth-order valence-corrected chi connectivity index (χ4v) is 3.98. The molecule has 2 amide bonds. The minimum Gasteiger partial charge on any atom is -0.393 e. The van der Waals surface area contributed by atoms with Gasteiger partial charge in [0.15, 0.2) is 0 Å². The van der Waals surface area contributed by atoms with Gasteiger partial charge in [0, 0.05) is 32.1 Å². The standard InChI is InChI=1S/C15H25N3O3/c1-2-18-8-5-16-14(21)15(18)3-6-17(7-4-15)13(20)11-9-12(19)10-11/h11-12,19H,2-10H2,1H3,(H,16,21). The number of piperazine rings is 1. The molecule has 21 heavy (non-hydrogen) atoms. The van der Waals surface area contributed by atoms with Crippen LogP contribution >= 0.6 is 0 Å². The van der Waals surface area contributed by atoms with Crippen LogP contribution in [-0.4, -0.2) is 71.1 Å². The van der Waals surface area contributed by atoms with Crippen molar-refractivity contribution in [1.82, 2.24) is 15.1 Å². The number of hydrogen-bond donors (Lipinski definition) is 2. The summed E-state index contributed by atoms with van der Waals surface area (Å²) in [6.07, 6.45) is 2.33. The van der Waals surface area contributed by atoms with Gasteiger partial charge >= 0.3 is 0 Å². The van der Waals surface area contributed by atoms with Crippen LogP contribution in [0.5, 0.6) is 0 Å². The number of carbonyl (C=O) groups is 2. The van der Waals surface area contributed by atoms with Gasteiger partial charge in [-0.25, -0.2) is 0 Å². The van der Waals surface area contributed by atoms with Crippen molar-refractivity contribution in [1.29, 1.82) is 0 Å². The quantitative estimate of drug-likeness (QED) is 0.725. The van der Waals surface area contributed by atoms with E-state index >= 15 is 0 Å². The van der Waals surface area contributed by atoms with Crippen LogP contribution in [0.3, 0.4) is 0 Å². The highest BCUT2D eigenvalue weighted by molar-refractivity contribution is 5.88. The Morgan fingerprint density at radius 1 is 1.33 bits per heavy atom. The molecule has 2 heterocycles. The van der Waals surface area contributed by atoms with Gasteiger partial charge in [0.2, 0.25) is 11.8 Å². The molecule has 3 aliphatic rings. The molecule has 0 aromatic rings. The minimum absolute atomic E-state index is 0.00323. The molecule has 1 saturated carbocycles. The third-order valence-electron chi connectivity index (χ3n) is 5.44. The largest absolute Gasteiger partial charge is 0.393 e. The summed E-state index contributed by atoms with van der Waals surface area (Å²) in [5, 5.41) is 12.3. The van der Waals surface area contributed by atoms with Gasteiger partial charge in [0.05, 0.1) is 6.10 Å². The highest BCUT2D eigenvalue weighted by Gasteiger charge is 2.48. The highest BCUT2D eigenvalue weighted by atomic mass is 16.3. The van der Waals surface area contributed by atoms with E-state index in [1.54, 1.807) is 0 Å². The zero-order valence-electron chi connectivity index (χ0n) is 12.7. The Bertz CT molecular complexity index is 426. The average Bonchev–Trinajstić information content (AvgIpc) is 2.47. The van der Waals surface area contributed by atoms with Crippen molar-refractivity contribution >= 4 is 11.8 Å². The number of carbonyl (C=O) groups excluding carboxylic acids is 2. The van der Waals surface area contributed by atoms with Crippen molar-refractivity contribution in [3.63, 3.8) is 0 Å². The molecule has 0 bridgehead atoms. The topological polar surface area (TPSA) is 72.9 Å². The molecule has 1 aliphatic carbocycles. The number of piperidine rings is 1. The number of aliphatic hydroxyl groups excluding tert-OH is 1. The molecule has 0 aromatic carbocycles. The normalized spacial score (nSPS) is 32.7. The molecular formula is C15H25N3O3. The first-order valence-corrected chi connectivity index (χ1v) is 8.07. The first kappa shape index (κ1) is 14.8. The lowest BCUT2D eigenvalue weighted by Crippen LogP contribution is -2.68. The summed E-state index contributed by atoms with van der Waals surface area (Å²) in [4.78, 5) is 28.9. The molecule has 2 aliphatic heterocycles. The Labute approximate surface area is 125 Å². The van der Waals surface area contributed by atoms with Crippen molar-refractivity contribution in [3.8, 4) is 0 Å². The summed E-state index contributed by atoms with van der Waals surface area (Å²) >= 11 is 0.